The second kappa shape index (κ2) is 9.04. The van der Waals surface area contributed by atoms with Gasteiger partial charge in [0.25, 0.3) is 0 Å². The molecule has 2 heterocycles. The maximum atomic E-state index is 13.4. The van der Waals surface area contributed by atoms with Gasteiger partial charge in [-0.3, -0.25) is 4.79 Å². The van der Waals surface area contributed by atoms with Gasteiger partial charge in [0.2, 0.25) is 20.0 Å². The predicted octanol–water partition coefficient (Wildman–Crippen LogP) is 4.23. The molecule has 0 amide bonds. The molecular weight excluding hydrogens is 496 g/mol. The van der Waals surface area contributed by atoms with E-state index in [9.17, 15) is 21.6 Å². The van der Waals surface area contributed by atoms with Crippen molar-refractivity contribution in [3.63, 3.8) is 0 Å². The summed E-state index contributed by atoms with van der Waals surface area (Å²) in [5.41, 5.74) is 1.88. The van der Waals surface area contributed by atoms with Crippen LogP contribution in [-0.2, 0) is 20.0 Å². The molecule has 2 aromatic carbocycles. The van der Waals surface area contributed by atoms with Gasteiger partial charge in [-0.25, -0.2) is 16.8 Å². The Labute approximate surface area is 214 Å². The molecule has 4 atom stereocenters. The molecule has 0 aromatic heterocycles. The van der Waals surface area contributed by atoms with Gasteiger partial charge < -0.3 is 0 Å². The molecule has 0 radical (unpaired) electrons. The zero-order chi connectivity index (χ0) is 26.0. The second-order valence-electron chi connectivity index (χ2n) is 11.3. The monoisotopic (exact) mass is 530 g/mol. The van der Waals surface area contributed by atoms with Crippen molar-refractivity contribution < 1.29 is 21.6 Å². The molecule has 0 bridgehead atoms. The Hall–Kier alpha value is -2.07. The van der Waals surface area contributed by atoms with Crippen LogP contribution in [0, 0.1) is 23.7 Å². The number of benzene rings is 2. The highest BCUT2D eigenvalue weighted by Crippen LogP contribution is 2.40. The highest BCUT2D eigenvalue weighted by molar-refractivity contribution is 7.89. The first kappa shape index (κ1) is 25.6. The Morgan fingerprint density at radius 3 is 1.25 bits per heavy atom. The highest BCUT2D eigenvalue weighted by Gasteiger charge is 2.36. The molecule has 0 N–H and O–H groups in total. The van der Waals surface area contributed by atoms with Crippen molar-refractivity contribution >= 4 is 25.8 Å². The van der Waals surface area contributed by atoms with Crippen molar-refractivity contribution in [2.45, 2.75) is 50.3 Å². The third-order valence-electron chi connectivity index (χ3n) is 7.71. The summed E-state index contributed by atoms with van der Waals surface area (Å²) in [7, 11) is -7.48. The van der Waals surface area contributed by atoms with E-state index in [1.165, 1.54) is 20.7 Å². The van der Waals surface area contributed by atoms with Gasteiger partial charge in [0.15, 0.2) is 5.78 Å². The minimum absolute atomic E-state index is 0.104. The first-order valence-corrected chi connectivity index (χ1v) is 15.6. The van der Waals surface area contributed by atoms with Gasteiger partial charge in [0, 0.05) is 37.3 Å². The largest absolute Gasteiger partial charge is 0.289 e. The quantitative estimate of drug-likeness (QED) is 0.503. The molecular formula is C27H34N2O5S2. The van der Waals surface area contributed by atoms with Crippen LogP contribution in [0.5, 0.6) is 0 Å². The maximum absolute atomic E-state index is 13.4. The van der Waals surface area contributed by atoms with E-state index in [1.807, 2.05) is 0 Å². The number of sulfonamides is 2. The number of hydrogen-bond donors (Lipinski definition) is 0. The molecule has 194 valence electrons. The summed E-state index contributed by atoms with van der Waals surface area (Å²) in [5, 5.41) is 0. The summed E-state index contributed by atoms with van der Waals surface area (Å²) >= 11 is 0. The summed E-state index contributed by atoms with van der Waals surface area (Å²) in [6.45, 7) is 10.1. The van der Waals surface area contributed by atoms with Gasteiger partial charge in [-0.1, -0.05) is 39.8 Å². The average molecular weight is 531 g/mol. The van der Waals surface area contributed by atoms with Crippen molar-refractivity contribution in [3.8, 4) is 11.1 Å². The van der Waals surface area contributed by atoms with Crippen LogP contribution in [0.3, 0.4) is 0 Å². The van der Waals surface area contributed by atoms with E-state index in [-0.39, 0.29) is 39.2 Å². The van der Waals surface area contributed by atoms with E-state index in [0.717, 1.165) is 12.8 Å². The Morgan fingerprint density at radius 1 is 0.583 bits per heavy atom. The minimum atomic E-state index is -3.74. The van der Waals surface area contributed by atoms with Crippen LogP contribution >= 0.6 is 0 Å². The van der Waals surface area contributed by atoms with Crippen LogP contribution in [0.25, 0.3) is 11.1 Å². The van der Waals surface area contributed by atoms with Gasteiger partial charge in [-0.2, -0.15) is 8.61 Å². The Kier molecular flexibility index (Phi) is 6.42. The topological polar surface area (TPSA) is 91.8 Å². The first-order valence-electron chi connectivity index (χ1n) is 12.7. The molecule has 2 aromatic rings. The number of carbonyl (C=O) groups excluding carboxylic acids is 1. The fraction of sp³-hybridized carbons (Fsp3) is 0.519. The van der Waals surface area contributed by atoms with Crippen LogP contribution in [-0.4, -0.2) is 57.4 Å². The number of ketones is 1. The summed E-state index contributed by atoms with van der Waals surface area (Å²) in [5.74, 6) is 0.755. The lowest BCUT2D eigenvalue weighted by Crippen LogP contribution is -2.42. The number of nitrogens with zero attached hydrogens (tertiary/aromatic N) is 2. The molecule has 3 aliphatic rings. The van der Waals surface area contributed by atoms with E-state index in [4.69, 9.17) is 0 Å². The Bertz CT molecular complexity index is 1310. The molecule has 2 aliphatic heterocycles. The number of carbonyl (C=O) groups is 1. The molecule has 0 spiro atoms. The SMILES string of the molecule is C[C@@H]1C[C@H](C)CN(S(=O)(=O)c2ccc3c(c2)C(=O)c2cc(S(=O)(=O)N4C[C@@H](C)C[C@H](C)C4)ccc2-3)C1. The second-order valence-corrected chi connectivity index (χ2v) is 15.2. The van der Waals surface area contributed by atoms with Gasteiger partial charge in [-0.05, 0) is 71.9 Å². The lowest BCUT2D eigenvalue weighted by Gasteiger charge is -2.34. The van der Waals surface area contributed by atoms with Crippen molar-refractivity contribution in [1.29, 1.82) is 0 Å². The van der Waals surface area contributed by atoms with Crippen molar-refractivity contribution in [2.75, 3.05) is 26.2 Å². The van der Waals surface area contributed by atoms with Gasteiger partial charge in [-0.15, -0.1) is 0 Å². The highest BCUT2D eigenvalue weighted by atomic mass is 32.2. The Balaban J connectivity index is 1.47. The standard InChI is InChI=1S/C27H34N2O5S2/c1-17-9-18(2)14-28(13-17)35(31,32)21-5-7-23-24-8-6-22(12-26(24)27(30)25(23)11-21)36(33,34)29-15-19(3)10-20(4)16-29/h5-8,11-12,17-20H,9-10,13-16H2,1-4H3/t17-,18-,19-,20+/m0/s1. The molecule has 0 unspecified atom stereocenters. The fourth-order valence-corrected chi connectivity index (χ4v) is 9.67. The molecule has 36 heavy (non-hydrogen) atoms. The predicted molar refractivity (Wildman–Crippen MR) is 139 cm³/mol. The van der Waals surface area contributed by atoms with E-state index >= 15 is 0 Å². The van der Waals surface area contributed by atoms with Gasteiger partial charge in [0.1, 0.15) is 0 Å². The molecule has 0 saturated carbocycles. The fourth-order valence-electron chi connectivity index (χ4n) is 6.26. The molecule has 2 fully saturated rings. The lowest BCUT2D eigenvalue weighted by atomic mass is 9.94. The maximum Gasteiger partial charge on any atom is 0.243 e. The molecule has 1 aliphatic carbocycles. The number of rotatable bonds is 4. The molecule has 2 saturated heterocycles. The third-order valence-corrected chi connectivity index (χ3v) is 11.4. The third kappa shape index (κ3) is 4.34. The van der Waals surface area contributed by atoms with Crippen molar-refractivity contribution in [1.82, 2.24) is 8.61 Å². The van der Waals surface area contributed by atoms with E-state index in [0.29, 0.717) is 48.4 Å². The molecule has 5 rings (SSSR count). The van der Waals surface area contributed by atoms with Crippen molar-refractivity contribution in [2.24, 2.45) is 23.7 Å². The number of hydrogen-bond acceptors (Lipinski definition) is 5. The van der Waals surface area contributed by atoms with E-state index in [2.05, 4.69) is 27.7 Å². The number of fused-ring (bicyclic) bond motifs is 3. The summed E-state index contributed by atoms with van der Waals surface area (Å²) in [6.07, 6.45) is 1.98. The van der Waals surface area contributed by atoms with Gasteiger partial charge >= 0.3 is 0 Å². The summed E-state index contributed by atoms with van der Waals surface area (Å²) in [4.78, 5) is 13.6. The Morgan fingerprint density at radius 2 is 0.917 bits per heavy atom. The molecule has 9 heteroatoms. The minimum Gasteiger partial charge on any atom is -0.289 e. The molecule has 7 nitrogen and oxygen atoms in total. The zero-order valence-electron chi connectivity index (χ0n) is 21.3. The zero-order valence-corrected chi connectivity index (χ0v) is 22.9. The smallest absolute Gasteiger partial charge is 0.243 e. The van der Waals surface area contributed by atoms with Crippen LogP contribution in [0.15, 0.2) is 46.2 Å². The number of piperidine rings is 2. The van der Waals surface area contributed by atoms with Crippen LogP contribution < -0.4 is 0 Å². The normalized spacial score (nSPS) is 27.6. The van der Waals surface area contributed by atoms with Crippen LogP contribution in [0.1, 0.15) is 56.5 Å². The van der Waals surface area contributed by atoms with Crippen molar-refractivity contribution in [3.05, 3.63) is 47.5 Å². The van der Waals surface area contributed by atoms with Gasteiger partial charge in [0.05, 0.1) is 9.79 Å². The lowest BCUT2D eigenvalue weighted by molar-refractivity contribution is 0.104. The summed E-state index contributed by atoms with van der Waals surface area (Å²) < 4.78 is 56.6. The van der Waals surface area contributed by atoms with Crippen LogP contribution in [0.4, 0.5) is 0 Å². The summed E-state index contributed by atoms with van der Waals surface area (Å²) in [6, 6.07) is 9.37. The van der Waals surface area contributed by atoms with E-state index in [1.54, 1.807) is 24.3 Å². The first-order chi connectivity index (χ1) is 16.9. The average Bonchev–Trinajstić information content (AvgIpc) is 3.09. The van der Waals surface area contributed by atoms with Crippen LogP contribution in [0.2, 0.25) is 0 Å². The van der Waals surface area contributed by atoms with E-state index < -0.39 is 20.0 Å².